The van der Waals surface area contributed by atoms with Crippen molar-refractivity contribution in [2.45, 2.75) is 20.8 Å². The number of carbonyl (C=O) groups is 2. The van der Waals surface area contributed by atoms with Crippen LogP contribution in [0.15, 0.2) is 72.8 Å². The quantitative estimate of drug-likeness (QED) is 0.146. The summed E-state index contributed by atoms with van der Waals surface area (Å²) in [6.07, 6.45) is 0. The molecule has 0 aliphatic heterocycles. The molecule has 0 saturated heterocycles. The van der Waals surface area contributed by atoms with Gasteiger partial charge in [0.15, 0.2) is 11.6 Å². The molecule has 0 spiro atoms. The molecule has 0 heterocycles. The Kier molecular flexibility index (Phi) is 8.78. The molecule has 36 heavy (non-hydrogen) atoms. The minimum atomic E-state index is -1.12. The van der Waals surface area contributed by atoms with Gasteiger partial charge in [0.25, 0.3) is 0 Å². The van der Waals surface area contributed by atoms with Crippen LogP contribution in [0, 0.1) is 17.6 Å². The normalized spacial score (nSPS) is 10.6. The first kappa shape index (κ1) is 26.4. The van der Waals surface area contributed by atoms with Crippen LogP contribution in [0.5, 0.6) is 23.0 Å². The summed E-state index contributed by atoms with van der Waals surface area (Å²) >= 11 is 0. The number of esters is 2. The molecule has 188 valence electrons. The van der Waals surface area contributed by atoms with Crippen molar-refractivity contribution in [3.8, 4) is 34.1 Å². The Balaban J connectivity index is 1.54. The van der Waals surface area contributed by atoms with Gasteiger partial charge in [-0.2, -0.15) is 4.39 Å². The largest absolute Gasteiger partial charge is 0.490 e. The number of hydrogen-bond donors (Lipinski definition) is 0. The van der Waals surface area contributed by atoms with Crippen molar-refractivity contribution in [3.63, 3.8) is 0 Å². The van der Waals surface area contributed by atoms with Gasteiger partial charge in [-0.05, 0) is 61.0 Å². The molecule has 3 aromatic rings. The highest BCUT2D eigenvalue weighted by atomic mass is 19.2. The third kappa shape index (κ3) is 6.91. The molecule has 3 rings (SSSR count). The van der Waals surface area contributed by atoms with Gasteiger partial charge in [-0.15, -0.1) is 0 Å². The molecule has 0 saturated carbocycles. The fourth-order valence-corrected chi connectivity index (χ4v) is 2.91. The zero-order valence-electron chi connectivity index (χ0n) is 20.2. The lowest BCUT2D eigenvalue weighted by Crippen LogP contribution is -2.14. The Morgan fingerprint density at radius 2 is 1.33 bits per heavy atom. The predicted octanol–water partition coefficient (Wildman–Crippen LogP) is 6.13. The summed E-state index contributed by atoms with van der Waals surface area (Å²) in [7, 11) is 0. The summed E-state index contributed by atoms with van der Waals surface area (Å²) in [6.45, 7) is 8.54. The molecular formula is C28H26F2O6. The molecule has 0 bridgehead atoms. The van der Waals surface area contributed by atoms with E-state index in [4.69, 9.17) is 18.9 Å². The first-order valence-electron chi connectivity index (χ1n) is 11.2. The number of benzene rings is 3. The van der Waals surface area contributed by atoms with Crippen molar-refractivity contribution in [1.29, 1.82) is 0 Å². The van der Waals surface area contributed by atoms with Crippen molar-refractivity contribution in [2.24, 2.45) is 5.92 Å². The van der Waals surface area contributed by atoms with Crippen LogP contribution in [-0.2, 0) is 9.59 Å². The van der Waals surface area contributed by atoms with Gasteiger partial charge in [0.1, 0.15) is 30.5 Å². The highest BCUT2D eigenvalue weighted by Crippen LogP contribution is 2.31. The molecule has 0 amide bonds. The van der Waals surface area contributed by atoms with Crippen molar-refractivity contribution >= 4 is 11.9 Å². The minimum Gasteiger partial charge on any atom is -0.490 e. The van der Waals surface area contributed by atoms with E-state index in [1.54, 1.807) is 57.2 Å². The van der Waals surface area contributed by atoms with E-state index in [2.05, 4.69) is 6.58 Å². The van der Waals surface area contributed by atoms with Gasteiger partial charge in [0.2, 0.25) is 5.82 Å². The second kappa shape index (κ2) is 12.0. The number of rotatable bonds is 10. The molecule has 0 fully saturated rings. The summed E-state index contributed by atoms with van der Waals surface area (Å²) in [5.41, 5.74) is 0.750. The van der Waals surface area contributed by atoms with Crippen LogP contribution in [0.4, 0.5) is 8.78 Å². The van der Waals surface area contributed by atoms with E-state index < -0.39 is 17.6 Å². The first-order chi connectivity index (χ1) is 17.2. The third-order valence-electron chi connectivity index (χ3n) is 4.89. The maximum atomic E-state index is 14.7. The average Bonchev–Trinajstić information content (AvgIpc) is 2.85. The Hall–Kier alpha value is -4.20. The Morgan fingerprint density at radius 3 is 1.94 bits per heavy atom. The van der Waals surface area contributed by atoms with Crippen molar-refractivity contribution in [1.82, 2.24) is 0 Å². The van der Waals surface area contributed by atoms with Crippen LogP contribution in [-0.4, -0.2) is 25.2 Å². The number of carbonyl (C=O) groups excluding carboxylic acids is 2. The zero-order valence-corrected chi connectivity index (χ0v) is 20.2. The fourth-order valence-electron chi connectivity index (χ4n) is 2.91. The van der Waals surface area contributed by atoms with Gasteiger partial charge in [-0.25, -0.2) is 9.18 Å². The van der Waals surface area contributed by atoms with Crippen LogP contribution < -0.4 is 18.9 Å². The molecule has 0 atom stereocenters. The summed E-state index contributed by atoms with van der Waals surface area (Å²) in [5.74, 6) is -2.47. The zero-order chi connectivity index (χ0) is 26.2. The second-order valence-electron chi connectivity index (χ2n) is 8.18. The van der Waals surface area contributed by atoms with E-state index in [-0.39, 0.29) is 42.0 Å². The molecule has 0 unspecified atom stereocenters. The molecule has 0 aliphatic rings. The number of ether oxygens (including phenoxy) is 4. The lowest BCUT2D eigenvalue weighted by molar-refractivity contribution is -0.137. The van der Waals surface area contributed by atoms with E-state index in [1.165, 1.54) is 24.3 Å². The van der Waals surface area contributed by atoms with E-state index in [0.717, 1.165) is 0 Å². The summed E-state index contributed by atoms with van der Waals surface area (Å²) in [5, 5.41) is 0. The van der Waals surface area contributed by atoms with Gasteiger partial charge in [-0.3, -0.25) is 4.79 Å². The maximum absolute atomic E-state index is 14.7. The van der Waals surface area contributed by atoms with E-state index in [0.29, 0.717) is 22.8 Å². The molecule has 0 aromatic heterocycles. The van der Waals surface area contributed by atoms with Crippen molar-refractivity contribution in [2.75, 3.05) is 13.2 Å². The Labute approximate surface area is 208 Å². The van der Waals surface area contributed by atoms with E-state index in [1.807, 2.05) is 0 Å². The third-order valence-corrected chi connectivity index (χ3v) is 4.89. The lowest BCUT2D eigenvalue weighted by Gasteiger charge is -2.12. The van der Waals surface area contributed by atoms with Gasteiger partial charge in [-0.1, -0.05) is 32.6 Å². The van der Waals surface area contributed by atoms with Crippen molar-refractivity contribution < 1.29 is 37.3 Å². The maximum Gasteiger partial charge on any atom is 0.338 e. The highest BCUT2D eigenvalue weighted by Gasteiger charge is 2.17. The molecular weight excluding hydrogens is 470 g/mol. The fraction of sp³-hybridized carbons (Fsp3) is 0.214. The second-order valence-corrected chi connectivity index (χ2v) is 8.18. The van der Waals surface area contributed by atoms with Crippen LogP contribution in [0.3, 0.4) is 0 Å². The van der Waals surface area contributed by atoms with Crippen LogP contribution in [0.2, 0.25) is 0 Å². The molecule has 8 heteroatoms. The smallest absolute Gasteiger partial charge is 0.338 e. The average molecular weight is 497 g/mol. The Morgan fingerprint density at radius 1 is 0.778 bits per heavy atom. The summed E-state index contributed by atoms with van der Waals surface area (Å²) < 4.78 is 50.4. The molecule has 0 N–H and O–H groups in total. The van der Waals surface area contributed by atoms with Gasteiger partial charge in [0, 0.05) is 11.1 Å². The van der Waals surface area contributed by atoms with Gasteiger partial charge >= 0.3 is 11.9 Å². The standard InChI is InChI=1S/C28H26F2O6/c1-17(2)27(31)35-21-7-5-19(6-8-21)23-13-14-24(26(30)25(23)29)34-16-15-33-20-9-11-22(12-10-20)36-28(32)18(3)4/h5-14,17H,3,15-16H2,1-2,4H3. The van der Waals surface area contributed by atoms with Crippen molar-refractivity contribution in [3.05, 3.63) is 84.5 Å². The van der Waals surface area contributed by atoms with Crippen LogP contribution in [0.25, 0.3) is 11.1 Å². The molecule has 0 radical (unpaired) electrons. The topological polar surface area (TPSA) is 71.1 Å². The minimum absolute atomic E-state index is 0.0297. The van der Waals surface area contributed by atoms with E-state index >= 15 is 0 Å². The van der Waals surface area contributed by atoms with E-state index in [9.17, 15) is 18.4 Å². The highest BCUT2D eigenvalue weighted by molar-refractivity contribution is 5.88. The Bertz CT molecular complexity index is 1230. The number of halogens is 2. The van der Waals surface area contributed by atoms with Gasteiger partial charge in [0.05, 0.1) is 5.92 Å². The first-order valence-corrected chi connectivity index (χ1v) is 11.2. The SMILES string of the molecule is C=C(C)C(=O)Oc1ccc(OCCOc2ccc(-c3ccc(OC(=O)C(C)C)cc3)c(F)c2F)cc1. The predicted molar refractivity (Wildman–Crippen MR) is 130 cm³/mol. The molecule has 3 aromatic carbocycles. The molecule has 0 aliphatic carbocycles. The number of hydrogen-bond acceptors (Lipinski definition) is 6. The van der Waals surface area contributed by atoms with Crippen LogP contribution >= 0.6 is 0 Å². The van der Waals surface area contributed by atoms with Gasteiger partial charge < -0.3 is 18.9 Å². The summed E-state index contributed by atoms with van der Waals surface area (Å²) in [6, 6.07) is 15.2. The molecule has 6 nitrogen and oxygen atoms in total. The lowest BCUT2D eigenvalue weighted by atomic mass is 10.0. The van der Waals surface area contributed by atoms with Crippen LogP contribution in [0.1, 0.15) is 20.8 Å². The summed E-state index contributed by atoms with van der Waals surface area (Å²) in [4.78, 5) is 23.2. The monoisotopic (exact) mass is 496 g/mol.